The number of nitrogens with one attached hydrogen (secondary N) is 1. The van der Waals surface area contributed by atoms with E-state index in [0.717, 1.165) is 11.6 Å². The first-order valence-corrected chi connectivity index (χ1v) is 4.27. The zero-order chi connectivity index (χ0) is 8.81. The lowest BCUT2D eigenvalue weighted by Gasteiger charge is -2.02. The summed E-state index contributed by atoms with van der Waals surface area (Å²) in [6.45, 7) is 1.58. The molecule has 0 bridgehead atoms. The van der Waals surface area contributed by atoms with E-state index in [4.69, 9.17) is 16.7 Å². The topological polar surface area (TPSA) is 32.3 Å². The second kappa shape index (κ2) is 7.15. The number of rotatable bonds is 4. The third kappa shape index (κ3) is 5.11. The van der Waals surface area contributed by atoms with Crippen LogP contribution in [0.25, 0.3) is 0 Å². The Bertz CT molecular complexity index is 226. The minimum absolute atomic E-state index is 0. The van der Waals surface area contributed by atoms with Crippen molar-refractivity contribution in [3.8, 4) is 0 Å². The zero-order valence-electron chi connectivity index (χ0n) is 7.16. The highest BCUT2D eigenvalue weighted by Gasteiger charge is 1.91. The van der Waals surface area contributed by atoms with Crippen LogP contribution in [-0.4, -0.2) is 18.3 Å². The van der Waals surface area contributed by atoms with Crippen LogP contribution in [0.3, 0.4) is 0 Å². The zero-order valence-corrected chi connectivity index (χ0v) is 8.74. The number of benzene rings is 1. The Morgan fingerprint density at radius 2 is 1.85 bits per heavy atom. The lowest BCUT2D eigenvalue weighted by molar-refractivity contribution is 0.292. The van der Waals surface area contributed by atoms with Crippen molar-refractivity contribution in [3.63, 3.8) is 0 Å². The van der Waals surface area contributed by atoms with Gasteiger partial charge in [-0.15, -0.1) is 12.4 Å². The molecule has 0 saturated heterocycles. The van der Waals surface area contributed by atoms with Gasteiger partial charge in [0, 0.05) is 18.1 Å². The van der Waals surface area contributed by atoms with Crippen molar-refractivity contribution in [2.45, 2.75) is 6.54 Å². The van der Waals surface area contributed by atoms with Gasteiger partial charge in [-0.1, -0.05) is 23.7 Å². The Balaban J connectivity index is 0.00000144. The van der Waals surface area contributed by atoms with Crippen molar-refractivity contribution in [1.82, 2.24) is 5.32 Å². The van der Waals surface area contributed by atoms with Crippen LogP contribution in [0.15, 0.2) is 24.3 Å². The summed E-state index contributed by atoms with van der Waals surface area (Å²) >= 11 is 5.71. The molecule has 0 radical (unpaired) electrons. The molecule has 0 aliphatic heterocycles. The summed E-state index contributed by atoms with van der Waals surface area (Å²) in [6, 6.07) is 7.65. The molecular weight excluding hydrogens is 209 g/mol. The van der Waals surface area contributed by atoms with Gasteiger partial charge < -0.3 is 10.4 Å². The monoisotopic (exact) mass is 221 g/mol. The smallest absolute Gasteiger partial charge is 0.0556 e. The van der Waals surface area contributed by atoms with Crippen LogP contribution in [0, 0.1) is 0 Å². The van der Waals surface area contributed by atoms with Gasteiger partial charge in [0.2, 0.25) is 0 Å². The number of halogens is 2. The second-order valence-electron chi connectivity index (χ2n) is 2.53. The molecule has 1 aromatic rings. The fourth-order valence-electron chi connectivity index (χ4n) is 0.914. The Hall–Kier alpha value is -0.280. The van der Waals surface area contributed by atoms with Crippen molar-refractivity contribution >= 4 is 24.0 Å². The Morgan fingerprint density at radius 3 is 2.38 bits per heavy atom. The lowest BCUT2D eigenvalue weighted by Crippen LogP contribution is -2.17. The second-order valence-corrected chi connectivity index (χ2v) is 2.96. The van der Waals surface area contributed by atoms with E-state index in [9.17, 15) is 0 Å². The molecule has 0 saturated carbocycles. The van der Waals surface area contributed by atoms with E-state index in [1.54, 1.807) is 0 Å². The van der Waals surface area contributed by atoms with Crippen LogP contribution in [0.1, 0.15) is 5.56 Å². The van der Waals surface area contributed by atoms with E-state index in [1.807, 2.05) is 24.3 Å². The average Bonchev–Trinajstić information content (AvgIpc) is 2.09. The molecule has 0 fully saturated rings. The standard InChI is InChI=1S/C9H12ClNO.ClH/c10-9-3-1-8(2-4-9)7-11-5-6-12;/h1-4,11-12H,5-7H2;1H. The summed E-state index contributed by atoms with van der Waals surface area (Å²) in [5.74, 6) is 0. The number of aliphatic hydroxyl groups is 1. The molecule has 1 rings (SSSR count). The van der Waals surface area contributed by atoms with E-state index in [1.165, 1.54) is 5.56 Å². The van der Waals surface area contributed by atoms with Gasteiger partial charge in [0.15, 0.2) is 0 Å². The molecule has 0 amide bonds. The molecule has 13 heavy (non-hydrogen) atoms. The van der Waals surface area contributed by atoms with Crippen molar-refractivity contribution in [1.29, 1.82) is 0 Å². The highest BCUT2D eigenvalue weighted by Crippen LogP contribution is 2.08. The first-order chi connectivity index (χ1) is 5.83. The molecule has 2 N–H and O–H groups in total. The van der Waals surface area contributed by atoms with Crippen molar-refractivity contribution in [2.24, 2.45) is 0 Å². The minimum atomic E-state index is 0. The van der Waals surface area contributed by atoms with Crippen molar-refractivity contribution < 1.29 is 5.11 Å². The van der Waals surface area contributed by atoms with E-state index < -0.39 is 0 Å². The molecule has 0 spiro atoms. The highest BCUT2D eigenvalue weighted by molar-refractivity contribution is 6.30. The summed E-state index contributed by atoms with van der Waals surface area (Å²) in [4.78, 5) is 0. The van der Waals surface area contributed by atoms with Crippen molar-refractivity contribution in [2.75, 3.05) is 13.2 Å². The molecule has 1 aromatic carbocycles. The minimum Gasteiger partial charge on any atom is -0.395 e. The first kappa shape index (κ1) is 12.7. The third-order valence-corrected chi connectivity index (χ3v) is 1.78. The molecule has 0 atom stereocenters. The van der Waals surface area contributed by atoms with Gasteiger partial charge in [0.05, 0.1) is 6.61 Å². The number of hydrogen-bond donors (Lipinski definition) is 2. The number of hydrogen-bond acceptors (Lipinski definition) is 2. The van der Waals surface area contributed by atoms with Crippen LogP contribution in [0.2, 0.25) is 5.02 Å². The molecule has 0 heterocycles. The van der Waals surface area contributed by atoms with Gasteiger partial charge in [0.25, 0.3) is 0 Å². The third-order valence-electron chi connectivity index (χ3n) is 1.53. The maximum atomic E-state index is 8.50. The maximum Gasteiger partial charge on any atom is 0.0556 e. The van der Waals surface area contributed by atoms with Crippen LogP contribution in [0.4, 0.5) is 0 Å². The summed E-state index contributed by atoms with van der Waals surface area (Å²) in [5, 5.41) is 12.3. The normalized spacial score (nSPS) is 9.38. The highest BCUT2D eigenvalue weighted by atomic mass is 35.5. The molecule has 4 heteroatoms. The van der Waals surface area contributed by atoms with E-state index in [-0.39, 0.29) is 19.0 Å². The largest absolute Gasteiger partial charge is 0.395 e. The molecule has 0 aromatic heterocycles. The van der Waals surface area contributed by atoms with Crippen LogP contribution < -0.4 is 5.32 Å². The molecular formula is C9H13Cl2NO. The van der Waals surface area contributed by atoms with Crippen LogP contribution >= 0.6 is 24.0 Å². The predicted octanol–water partition coefficient (Wildman–Crippen LogP) is 1.84. The summed E-state index contributed by atoms with van der Waals surface area (Å²) < 4.78 is 0. The van der Waals surface area contributed by atoms with Crippen molar-refractivity contribution in [3.05, 3.63) is 34.9 Å². The molecule has 2 nitrogen and oxygen atoms in total. The fraction of sp³-hybridized carbons (Fsp3) is 0.333. The Kier molecular flexibility index (Phi) is 7.00. The Morgan fingerprint density at radius 1 is 1.23 bits per heavy atom. The molecule has 0 unspecified atom stereocenters. The van der Waals surface area contributed by atoms with Crippen LogP contribution in [-0.2, 0) is 6.54 Å². The number of aliphatic hydroxyl groups excluding tert-OH is 1. The average molecular weight is 222 g/mol. The van der Waals surface area contributed by atoms with Gasteiger partial charge in [-0.3, -0.25) is 0 Å². The van der Waals surface area contributed by atoms with Gasteiger partial charge in [0.1, 0.15) is 0 Å². The summed E-state index contributed by atoms with van der Waals surface area (Å²) in [6.07, 6.45) is 0. The maximum absolute atomic E-state index is 8.50. The lowest BCUT2D eigenvalue weighted by atomic mass is 10.2. The Labute approximate surface area is 89.3 Å². The van der Waals surface area contributed by atoms with Gasteiger partial charge in [-0.25, -0.2) is 0 Å². The van der Waals surface area contributed by atoms with Gasteiger partial charge >= 0.3 is 0 Å². The van der Waals surface area contributed by atoms with Gasteiger partial charge in [-0.2, -0.15) is 0 Å². The van der Waals surface area contributed by atoms with Crippen LogP contribution in [0.5, 0.6) is 0 Å². The summed E-state index contributed by atoms with van der Waals surface area (Å²) in [7, 11) is 0. The van der Waals surface area contributed by atoms with E-state index >= 15 is 0 Å². The SMILES string of the molecule is Cl.OCCNCc1ccc(Cl)cc1. The predicted molar refractivity (Wildman–Crippen MR) is 57.5 cm³/mol. The fourth-order valence-corrected chi connectivity index (χ4v) is 1.04. The van der Waals surface area contributed by atoms with Gasteiger partial charge in [-0.05, 0) is 17.7 Å². The molecule has 0 aliphatic carbocycles. The molecule has 74 valence electrons. The molecule has 0 aliphatic rings. The first-order valence-electron chi connectivity index (χ1n) is 3.89. The van der Waals surface area contributed by atoms with E-state index in [2.05, 4.69) is 5.32 Å². The summed E-state index contributed by atoms with van der Waals surface area (Å²) in [5.41, 5.74) is 1.17. The van der Waals surface area contributed by atoms with E-state index in [0.29, 0.717) is 6.54 Å². The quantitative estimate of drug-likeness (QED) is 0.762.